The van der Waals surface area contributed by atoms with Gasteiger partial charge in [0.25, 0.3) is 0 Å². The molecule has 1 heterocycles. The summed E-state index contributed by atoms with van der Waals surface area (Å²) in [6.07, 6.45) is -5.15. The number of rotatable bonds is 8. The van der Waals surface area contributed by atoms with Crippen LogP contribution in [0.5, 0.6) is 0 Å². The first-order chi connectivity index (χ1) is 17.0. The van der Waals surface area contributed by atoms with Gasteiger partial charge in [0.1, 0.15) is 18.2 Å². The first-order valence-corrected chi connectivity index (χ1v) is 13.2. The molecule has 0 aliphatic carbocycles. The van der Waals surface area contributed by atoms with Gasteiger partial charge in [0, 0.05) is 18.7 Å². The number of esters is 2. The molecule has 1 aliphatic heterocycles. The fraction of sp³-hybridized carbons (Fsp3) is 0.565. The van der Waals surface area contributed by atoms with E-state index < -0.39 is 55.3 Å². The van der Waals surface area contributed by atoms with Crippen LogP contribution >= 0.6 is 12.2 Å². The van der Waals surface area contributed by atoms with Crippen LogP contribution in [0.4, 0.5) is 13.2 Å². The van der Waals surface area contributed by atoms with E-state index >= 15 is 0 Å². The molecule has 0 amide bonds. The van der Waals surface area contributed by atoms with Gasteiger partial charge in [-0.2, -0.15) is 18.3 Å². The second kappa shape index (κ2) is 11.8. The zero-order valence-electron chi connectivity index (χ0n) is 21.1. The van der Waals surface area contributed by atoms with E-state index in [1.165, 1.54) is 11.0 Å². The fourth-order valence-corrected chi connectivity index (χ4v) is 6.08. The van der Waals surface area contributed by atoms with Gasteiger partial charge in [-0.1, -0.05) is 24.4 Å². The Kier molecular flexibility index (Phi) is 9.69. The molecule has 1 aromatic rings. The number of halogens is 3. The molecule has 0 radical (unpaired) electrons. The highest BCUT2D eigenvalue weighted by atomic mass is 32.2. The topological polar surface area (TPSA) is 114 Å². The van der Waals surface area contributed by atoms with E-state index in [0.717, 1.165) is 19.2 Å². The first kappa shape index (κ1) is 30.5. The van der Waals surface area contributed by atoms with E-state index in [2.05, 4.69) is 10.5 Å². The normalized spacial score (nSPS) is 18.9. The quantitative estimate of drug-likeness (QED) is 0.220. The first-order valence-electron chi connectivity index (χ1n) is 11.2. The maximum atomic E-state index is 13.5. The summed E-state index contributed by atoms with van der Waals surface area (Å²) in [6.45, 7) is 6.27. The standard InChI is InChI=1S/C23H30F3N3O6S2/c1-14(28-27-12-20(30)35-22(2,3)4)10-19(36)29-13-15(11-17(29)21(31)34-5)37(32,33)18-9-7-6-8-16(18)23(24,25)26/h6-9,15,17,27H,10-13H2,1-5H3/b28-14+/t15-,17+/m1/s1. The maximum absolute atomic E-state index is 13.5. The predicted molar refractivity (Wildman–Crippen MR) is 134 cm³/mol. The number of nitrogens with one attached hydrogen (secondary N) is 1. The molecule has 0 unspecified atom stereocenters. The van der Waals surface area contributed by atoms with Crippen molar-refractivity contribution in [1.29, 1.82) is 0 Å². The maximum Gasteiger partial charge on any atom is 0.417 e. The summed E-state index contributed by atoms with van der Waals surface area (Å²) in [5.74, 6) is -1.29. The average molecular weight is 566 g/mol. The number of nitrogens with zero attached hydrogens (tertiary/aromatic N) is 2. The number of benzene rings is 1. The van der Waals surface area contributed by atoms with Crippen LogP contribution < -0.4 is 5.43 Å². The number of alkyl halides is 3. The molecule has 9 nitrogen and oxygen atoms in total. The van der Waals surface area contributed by atoms with Gasteiger partial charge in [-0.05, 0) is 46.2 Å². The third-order valence-electron chi connectivity index (χ3n) is 5.31. The molecule has 14 heteroatoms. The summed E-state index contributed by atoms with van der Waals surface area (Å²) in [5.41, 5.74) is 1.06. The smallest absolute Gasteiger partial charge is 0.417 e. The summed E-state index contributed by atoms with van der Waals surface area (Å²) < 4.78 is 76.9. The van der Waals surface area contributed by atoms with Gasteiger partial charge in [-0.25, -0.2) is 13.2 Å². The number of thiocarbonyl (C=S) groups is 1. The molecule has 1 fully saturated rings. The number of hydrogen-bond donors (Lipinski definition) is 1. The predicted octanol–water partition coefficient (Wildman–Crippen LogP) is 3.12. The lowest BCUT2D eigenvalue weighted by molar-refractivity contribution is -0.153. The third kappa shape index (κ3) is 8.12. The van der Waals surface area contributed by atoms with Crippen LogP contribution in [-0.4, -0.2) is 73.0 Å². The van der Waals surface area contributed by atoms with E-state index in [1.54, 1.807) is 27.7 Å². The Hall–Kier alpha value is -2.74. The van der Waals surface area contributed by atoms with E-state index in [0.29, 0.717) is 11.8 Å². The van der Waals surface area contributed by atoms with Crippen LogP contribution in [0, 0.1) is 0 Å². The zero-order valence-corrected chi connectivity index (χ0v) is 22.7. The number of carbonyl (C=O) groups is 2. The Morgan fingerprint density at radius 1 is 1.22 bits per heavy atom. The molecule has 1 aliphatic rings. The minimum Gasteiger partial charge on any atom is -0.467 e. The zero-order chi connectivity index (χ0) is 28.2. The second-order valence-corrected chi connectivity index (χ2v) is 12.1. The van der Waals surface area contributed by atoms with Crippen LogP contribution in [0.25, 0.3) is 0 Å². The summed E-state index contributed by atoms with van der Waals surface area (Å²) in [4.78, 5) is 24.8. The van der Waals surface area contributed by atoms with Crippen LogP contribution in [0.2, 0.25) is 0 Å². The van der Waals surface area contributed by atoms with Gasteiger partial charge in [-0.3, -0.25) is 10.2 Å². The lowest BCUT2D eigenvalue weighted by Gasteiger charge is -2.25. The van der Waals surface area contributed by atoms with Crippen molar-refractivity contribution in [3.05, 3.63) is 29.8 Å². The van der Waals surface area contributed by atoms with Crippen molar-refractivity contribution >= 4 is 44.7 Å². The van der Waals surface area contributed by atoms with Crippen LogP contribution in [0.1, 0.15) is 46.1 Å². The minimum absolute atomic E-state index is 0.0239. The largest absolute Gasteiger partial charge is 0.467 e. The number of ether oxygens (including phenoxy) is 2. The number of hydrogen-bond acceptors (Lipinski definition) is 9. The Morgan fingerprint density at radius 3 is 2.41 bits per heavy atom. The summed E-state index contributed by atoms with van der Waals surface area (Å²) >= 11 is 5.43. The van der Waals surface area contributed by atoms with Crippen molar-refractivity contribution in [2.45, 2.75) is 68.5 Å². The Morgan fingerprint density at radius 2 is 1.84 bits per heavy atom. The highest BCUT2D eigenvalue weighted by Gasteiger charge is 2.47. The molecule has 2 atom stereocenters. The van der Waals surface area contributed by atoms with Gasteiger partial charge >= 0.3 is 18.1 Å². The van der Waals surface area contributed by atoms with Crippen molar-refractivity contribution in [3.8, 4) is 0 Å². The Labute approximate surface area is 219 Å². The van der Waals surface area contributed by atoms with E-state index in [9.17, 15) is 31.2 Å². The number of methoxy groups -OCH3 is 1. The van der Waals surface area contributed by atoms with Crippen LogP contribution in [-0.2, 0) is 35.1 Å². The van der Waals surface area contributed by atoms with Crippen molar-refractivity contribution in [2.75, 3.05) is 20.2 Å². The molecule has 0 saturated carbocycles. The summed E-state index contributed by atoms with van der Waals surface area (Å²) in [6, 6.07) is 2.82. The van der Waals surface area contributed by atoms with Crippen molar-refractivity contribution < 1.29 is 40.7 Å². The van der Waals surface area contributed by atoms with Gasteiger partial charge in [-0.15, -0.1) is 0 Å². The van der Waals surface area contributed by atoms with Gasteiger partial charge in [0.2, 0.25) is 0 Å². The fourth-order valence-electron chi connectivity index (χ4n) is 3.76. The van der Waals surface area contributed by atoms with Gasteiger partial charge in [0.15, 0.2) is 9.84 Å². The van der Waals surface area contributed by atoms with Gasteiger partial charge in [0.05, 0.1) is 27.8 Å². The number of sulfone groups is 1. The molecule has 37 heavy (non-hydrogen) atoms. The number of hydrazone groups is 1. The molecule has 0 aromatic heterocycles. The lowest BCUT2D eigenvalue weighted by Crippen LogP contribution is -2.41. The third-order valence-corrected chi connectivity index (χ3v) is 7.88. The Bertz CT molecular complexity index is 1160. The molecular weight excluding hydrogens is 535 g/mol. The molecular formula is C23H30F3N3O6S2. The number of likely N-dealkylation sites (tertiary alicyclic amines) is 1. The molecule has 1 N–H and O–H groups in total. The molecule has 2 rings (SSSR count). The molecule has 1 saturated heterocycles. The van der Waals surface area contributed by atoms with E-state index in [1.807, 2.05) is 0 Å². The van der Waals surface area contributed by atoms with Crippen molar-refractivity contribution in [2.24, 2.45) is 5.10 Å². The summed E-state index contributed by atoms with van der Waals surface area (Å²) in [5, 5.41) is 2.71. The van der Waals surface area contributed by atoms with Crippen LogP contribution in [0.3, 0.4) is 0 Å². The number of carbonyl (C=O) groups excluding carboxylic acids is 2. The van der Waals surface area contributed by atoms with Crippen molar-refractivity contribution in [1.82, 2.24) is 10.3 Å². The Balaban J connectivity index is 2.20. The van der Waals surface area contributed by atoms with Gasteiger partial charge < -0.3 is 14.4 Å². The van der Waals surface area contributed by atoms with E-state index in [4.69, 9.17) is 21.7 Å². The minimum atomic E-state index is -4.88. The van der Waals surface area contributed by atoms with E-state index in [-0.39, 0.29) is 30.9 Å². The van der Waals surface area contributed by atoms with Crippen molar-refractivity contribution in [3.63, 3.8) is 0 Å². The summed E-state index contributed by atoms with van der Waals surface area (Å²) in [7, 11) is -3.36. The molecule has 1 aromatic carbocycles. The SMILES string of the molecule is COC(=O)[C@@H]1C[C@@H](S(=O)(=O)c2ccccc2C(F)(F)F)CN1C(=S)C/C(C)=N/NCC(=O)OC(C)(C)C. The molecule has 206 valence electrons. The molecule has 0 bridgehead atoms. The lowest BCUT2D eigenvalue weighted by atomic mass is 10.2. The average Bonchev–Trinajstić information content (AvgIpc) is 3.23. The second-order valence-electron chi connectivity index (χ2n) is 9.43. The monoisotopic (exact) mass is 565 g/mol. The molecule has 0 spiro atoms. The highest BCUT2D eigenvalue weighted by Crippen LogP contribution is 2.37. The highest BCUT2D eigenvalue weighted by molar-refractivity contribution is 7.92. The van der Waals surface area contributed by atoms with Crippen LogP contribution in [0.15, 0.2) is 34.3 Å².